The lowest BCUT2D eigenvalue weighted by Crippen LogP contribution is -2.20. The second-order valence-corrected chi connectivity index (χ2v) is 9.50. The number of benzene rings is 5. The van der Waals surface area contributed by atoms with E-state index >= 15 is 0 Å². The van der Waals surface area contributed by atoms with Crippen molar-refractivity contribution in [3.8, 4) is 0 Å². The Bertz CT molecular complexity index is 1700. The van der Waals surface area contributed by atoms with E-state index in [-0.39, 0.29) is 6.17 Å². The zero-order chi connectivity index (χ0) is 21.8. The van der Waals surface area contributed by atoms with Crippen molar-refractivity contribution in [2.45, 2.75) is 6.17 Å². The van der Waals surface area contributed by atoms with Crippen LogP contribution in [0.15, 0.2) is 114 Å². The number of anilines is 1. The molecule has 2 nitrogen and oxygen atoms in total. The molecule has 3 heteroatoms. The molecule has 1 atom stereocenters. The van der Waals surface area contributed by atoms with Gasteiger partial charge in [0.15, 0.2) is 0 Å². The topological polar surface area (TPSA) is 24.4 Å². The lowest BCUT2D eigenvalue weighted by molar-refractivity contribution is 0.837. The molecule has 6 aromatic rings. The average Bonchev–Trinajstić information content (AvgIpc) is 3.27. The van der Waals surface area contributed by atoms with Crippen LogP contribution >= 0.6 is 11.3 Å². The number of rotatable bonds is 2. The molecule has 1 unspecified atom stereocenters. The number of para-hydroxylation sites is 1. The van der Waals surface area contributed by atoms with E-state index < -0.39 is 0 Å². The summed E-state index contributed by atoms with van der Waals surface area (Å²) < 4.78 is 2.64. The van der Waals surface area contributed by atoms with Gasteiger partial charge in [-0.15, -0.1) is 11.3 Å². The van der Waals surface area contributed by atoms with E-state index in [1.807, 2.05) is 11.3 Å². The lowest BCUT2D eigenvalue weighted by Gasteiger charge is -2.27. The van der Waals surface area contributed by atoms with Gasteiger partial charge in [0, 0.05) is 42.6 Å². The van der Waals surface area contributed by atoms with Gasteiger partial charge in [-0.2, -0.15) is 0 Å². The normalized spacial score (nSPS) is 15.4. The number of aliphatic imine (C=N–C) groups is 1. The molecular formula is C30H20N2S. The summed E-state index contributed by atoms with van der Waals surface area (Å²) >= 11 is 1.86. The molecule has 0 spiro atoms. The Kier molecular flexibility index (Phi) is 4.11. The first kappa shape index (κ1) is 18.6. The first-order valence-electron chi connectivity index (χ1n) is 11.2. The van der Waals surface area contributed by atoms with E-state index in [1.54, 1.807) is 0 Å². The van der Waals surface area contributed by atoms with E-state index in [9.17, 15) is 0 Å². The summed E-state index contributed by atoms with van der Waals surface area (Å²) in [7, 11) is 0. The van der Waals surface area contributed by atoms with Crippen LogP contribution in [0.3, 0.4) is 0 Å². The first-order chi connectivity index (χ1) is 16.4. The number of hydrogen-bond donors (Lipinski definition) is 1. The molecule has 0 amide bonds. The van der Waals surface area contributed by atoms with Crippen LogP contribution in [0.1, 0.15) is 22.9 Å². The summed E-state index contributed by atoms with van der Waals surface area (Å²) in [4.78, 5) is 5.29. The number of nitrogens with one attached hydrogen (secondary N) is 1. The molecule has 1 N–H and O–H groups in total. The van der Waals surface area contributed by atoms with E-state index in [1.165, 1.54) is 36.5 Å². The van der Waals surface area contributed by atoms with Crippen LogP contribution in [-0.2, 0) is 0 Å². The molecule has 1 aliphatic heterocycles. The van der Waals surface area contributed by atoms with Crippen molar-refractivity contribution in [1.29, 1.82) is 0 Å². The fourth-order valence-electron chi connectivity index (χ4n) is 5.02. The number of hydrogen-bond acceptors (Lipinski definition) is 3. The molecule has 0 saturated heterocycles. The van der Waals surface area contributed by atoms with Crippen molar-refractivity contribution in [3.63, 3.8) is 0 Å². The van der Waals surface area contributed by atoms with E-state index in [0.717, 1.165) is 22.5 Å². The smallest absolute Gasteiger partial charge is 0.146 e. The Hall–Kier alpha value is -3.95. The minimum Gasteiger partial charge on any atom is -0.359 e. The maximum atomic E-state index is 5.29. The molecule has 0 radical (unpaired) electrons. The molecule has 0 saturated carbocycles. The first-order valence-corrected chi connectivity index (χ1v) is 12.0. The summed E-state index contributed by atoms with van der Waals surface area (Å²) in [5, 5.41) is 8.92. The van der Waals surface area contributed by atoms with Crippen LogP contribution in [0.25, 0.3) is 30.9 Å². The maximum Gasteiger partial charge on any atom is 0.146 e. The van der Waals surface area contributed by atoms with Crippen molar-refractivity contribution in [1.82, 2.24) is 0 Å². The van der Waals surface area contributed by atoms with Crippen molar-refractivity contribution >= 4 is 53.7 Å². The molecule has 33 heavy (non-hydrogen) atoms. The van der Waals surface area contributed by atoms with Gasteiger partial charge in [-0.3, -0.25) is 4.99 Å². The Labute approximate surface area is 195 Å². The Balaban J connectivity index is 1.53. The second-order valence-electron chi connectivity index (χ2n) is 8.42. The van der Waals surface area contributed by atoms with Crippen LogP contribution in [0, 0.1) is 0 Å². The third-order valence-electron chi connectivity index (χ3n) is 6.49. The number of thiophene rings is 1. The summed E-state index contributed by atoms with van der Waals surface area (Å²) in [6, 6.07) is 38.8. The van der Waals surface area contributed by atoms with Crippen molar-refractivity contribution in [2.24, 2.45) is 4.99 Å². The quantitative estimate of drug-likeness (QED) is 0.288. The van der Waals surface area contributed by atoms with Gasteiger partial charge < -0.3 is 5.32 Å². The highest BCUT2D eigenvalue weighted by Crippen LogP contribution is 2.42. The van der Waals surface area contributed by atoms with Crippen LogP contribution in [-0.4, -0.2) is 5.71 Å². The largest absolute Gasteiger partial charge is 0.359 e. The van der Waals surface area contributed by atoms with Gasteiger partial charge in [-0.25, -0.2) is 0 Å². The molecule has 0 bridgehead atoms. The van der Waals surface area contributed by atoms with Gasteiger partial charge in [-0.05, 0) is 29.0 Å². The standard InChI is InChI=1S/C30H20N2S/c1-2-9-20(10-3-1)29-21-12-4-6-15-24(21)31-30(32-29)23-14-8-11-19-17-18-26-28(27(19)23)22-13-5-7-16-25(22)33-26/h1-18,30-31H. The van der Waals surface area contributed by atoms with Gasteiger partial charge in [0.05, 0.1) is 5.71 Å². The fourth-order valence-corrected chi connectivity index (χ4v) is 6.13. The fraction of sp³-hybridized carbons (Fsp3) is 0.0333. The predicted octanol–water partition coefficient (Wildman–Crippen LogP) is 8.17. The molecule has 1 aromatic heterocycles. The van der Waals surface area contributed by atoms with Gasteiger partial charge in [-0.1, -0.05) is 91.0 Å². The highest BCUT2D eigenvalue weighted by molar-refractivity contribution is 7.26. The SMILES string of the molecule is c1ccc(C2=NC(c3cccc4ccc5sc6ccccc6c5c34)Nc3ccccc32)cc1. The van der Waals surface area contributed by atoms with E-state index in [0.29, 0.717) is 0 Å². The van der Waals surface area contributed by atoms with E-state index in [4.69, 9.17) is 4.99 Å². The second kappa shape index (κ2) is 7.29. The van der Waals surface area contributed by atoms with Crippen LogP contribution < -0.4 is 5.32 Å². The molecule has 1 aliphatic rings. The predicted molar refractivity (Wildman–Crippen MR) is 142 cm³/mol. The number of fused-ring (bicyclic) bond motifs is 6. The third-order valence-corrected chi connectivity index (χ3v) is 7.63. The summed E-state index contributed by atoms with van der Waals surface area (Å²) in [5.74, 6) is 0. The zero-order valence-corrected chi connectivity index (χ0v) is 18.6. The third kappa shape index (κ3) is 2.90. The van der Waals surface area contributed by atoms with Gasteiger partial charge in [0.2, 0.25) is 0 Å². The minimum absolute atomic E-state index is 0.164. The zero-order valence-electron chi connectivity index (χ0n) is 17.8. The average molecular weight is 441 g/mol. The van der Waals surface area contributed by atoms with Crippen LogP contribution in [0.5, 0.6) is 0 Å². The summed E-state index contributed by atoms with van der Waals surface area (Å²) in [6.07, 6.45) is -0.164. The minimum atomic E-state index is -0.164. The Morgan fingerprint density at radius 1 is 0.636 bits per heavy atom. The van der Waals surface area contributed by atoms with Crippen LogP contribution in [0.4, 0.5) is 5.69 Å². The van der Waals surface area contributed by atoms with Crippen molar-refractivity contribution in [2.75, 3.05) is 5.32 Å². The van der Waals surface area contributed by atoms with Crippen molar-refractivity contribution in [3.05, 3.63) is 126 Å². The summed E-state index contributed by atoms with van der Waals surface area (Å²) in [6.45, 7) is 0. The molecule has 7 rings (SSSR count). The van der Waals surface area contributed by atoms with Gasteiger partial charge in [0.1, 0.15) is 6.17 Å². The molecule has 2 heterocycles. The lowest BCUT2D eigenvalue weighted by atomic mass is 9.94. The Morgan fingerprint density at radius 3 is 2.39 bits per heavy atom. The summed E-state index contributed by atoms with van der Waals surface area (Å²) in [5.41, 5.74) is 5.66. The van der Waals surface area contributed by atoms with Crippen molar-refractivity contribution < 1.29 is 0 Å². The van der Waals surface area contributed by atoms with Gasteiger partial charge >= 0.3 is 0 Å². The maximum absolute atomic E-state index is 5.29. The van der Waals surface area contributed by atoms with Crippen LogP contribution in [0.2, 0.25) is 0 Å². The molecule has 0 aliphatic carbocycles. The highest BCUT2D eigenvalue weighted by Gasteiger charge is 2.24. The molecular weight excluding hydrogens is 420 g/mol. The highest BCUT2D eigenvalue weighted by atomic mass is 32.1. The monoisotopic (exact) mass is 440 g/mol. The molecule has 0 fully saturated rings. The van der Waals surface area contributed by atoms with E-state index in [2.05, 4.69) is 115 Å². The van der Waals surface area contributed by atoms with Gasteiger partial charge in [0.25, 0.3) is 0 Å². The molecule has 5 aromatic carbocycles. The molecule has 156 valence electrons. The number of nitrogens with zero attached hydrogens (tertiary/aromatic N) is 1. The Morgan fingerprint density at radius 2 is 1.45 bits per heavy atom.